The highest BCUT2D eigenvalue weighted by Gasteiger charge is 2.44. The van der Waals surface area contributed by atoms with Gasteiger partial charge in [-0.25, -0.2) is 0 Å². The summed E-state index contributed by atoms with van der Waals surface area (Å²) in [6, 6.07) is 8.46. The number of rotatable bonds is 5. The minimum absolute atomic E-state index is 0.000490. The molecule has 2 atom stereocenters. The van der Waals surface area contributed by atoms with E-state index in [2.05, 4.69) is 129 Å². The molecule has 0 saturated heterocycles. The van der Waals surface area contributed by atoms with Gasteiger partial charge in [0.25, 0.3) is 0 Å². The molecule has 1 aliphatic carbocycles. The molecule has 5 heteroatoms. The molecular weight excluding hydrogens is 573 g/mol. The second kappa shape index (κ2) is 10.1. The number of fused-ring (bicyclic) bond motifs is 1. The van der Waals surface area contributed by atoms with Crippen LogP contribution >= 0.6 is 22.6 Å². The zero-order valence-electron chi connectivity index (χ0n) is 24.6. The minimum Gasteiger partial charge on any atom is -0.410 e. The number of hydrogen-bond donors (Lipinski definition) is 1. The lowest BCUT2D eigenvalue weighted by molar-refractivity contribution is 0.104. The van der Waals surface area contributed by atoms with Gasteiger partial charge in [0, 0.05) is 20.4 Å². The molecule has 0 radical (unpaired) electrons. The van der Waals surface area contributed by atoms with Crippen LogP contribution in [0.1, 0.15) is 127 Å². The summed E-state index contributed by atoms with van der Waals surface area (Å²) in [5, 5.41) is 11.9. The molecule has 3 rings (SSSR count). The van der Waals surface area contributed by atoms with E-state index in [1.165, 1.54) is 11.1 Å². The van der Waals surface area contributed by atoms with Crippen molar-refractivity contribution in [1.29, 1.82) is 0 Å². The Kier molecular flexibility index (Phi) is 8.35. The third-order valence-corrected chi connectivity index (χ3v) is 13.8. The average Bonchev–Trinajstić information content (AvgIpc) is 2.70. The van der Waals surface area contributed by atoms with Gasteiger partial charge >= 0.3 is 0 Å². The van der Waals surface area contributed by atoms with Crippen LogP contribution in [0, 0.1) is 8.99 Å². The third kappa shape index (κ3) is 6.10. The first-order valence-corrected chi connectivity index (χ1v) is 17.4. The van der Waals surface area contributed by atoms with Crippen molar-refractivity contribution in [2.24, 2.45) is 5.41 Å². The van der Waals surface area contributed by atoms with Gasteiger partial charge in [-0.15, -0.1) is 0 Å². The Morgan fingerprint density at radius 2 is 1.61 bits per heavy atom. The molecule has 2 unspecified atom stereocenters. The van der Waals surface area contributed by atoms with Crippen molar-refractivity contribution < 1.29 is 9.53 Å². The highest BCUT2D eigenvalue weighted by molar-refractivity contribution is 14.1. The van der Waals surface area contributed by atoms with Crippen LogP contribution in [0.15, 0.2) is 24.3 Å². The van der Waals surface area contributed by atoms with Crippen molar-refractivity contribution in [3.8, 4) is 0 Å². The number of aliphatic hydroxyl groups is 1. The highest BCUT2D eigenvalue weighted by atomic mass is 127. The number of nitrogens with zero attached hydrogens (tertiary/aromatic N) is 1. The summed E-state index contributed by atoms with van der Waals surface area (Å²) in [7, 11) is -2.01. The quantitative estimate of drug-likeness (QED) is 0.267. The van der Waals surface area contributed by atoms with Crippen LogP contribution in [0.3, 0.4) is 0 Å². The standard InChI is InChI=1S/C31H48INO2Si/c1-19(2)27-25(28(34)20-13-15-21(16-14-20)29(3,4)5)26(32)24-22(33-27)17-31(9,10)18-23(24)35-36(11,12)30(6,7)8/h13-16,19,23,28,34H,17-18H2,1-12H3. The number of aromatic nitrogens is 1. The molecule has 0 spiro atoms. The molecule has 36 heavy (non-hydrogen) atoms. The van der Waals surface area contributed by atoms with Crippen LogP contribution in [0.25, 0.3) is 0 Å². The maximum Gasteiger partial charge on any atom is 0.192 e. The predicted molar refractivity (Wildman–Crippen MR) is 163 cm³/mol. The van der Waals surface area contributed by atoms with E-state index in [0.29, 0.717) is 0 Å². The first-order chi connectivity index (χ1) is 16.2. The monoisotopic (exact) mass is 621 g/mol. The van der Waals surface area contributed by atoms with E-state index in [9.17, 15) is 5.11 Å². The number of benzene rings is 1. The molecule has 1 aromatic heterocycles. The van der Waals surface area contributed by atoms with Crippen molar-refractivity contribution in [1.82, 2.24) is 4.98 Å². The van der Waals surface area contributed by atoms with Gasteiger partial charge in [0.1, 0.15) is 6.10 Å². The summed E-state index contributed by atoms with van der Waals surface area (Å²) < 4.78 is 8.22. The van der Waals surface area contributed by atoms with E-state index in [1.54, 1.807) is 0 Å². The summed E-state index contributed by atoms with van der Waals surface area (Å²) in [5.41, 5.74) is 6.72. The van der Waals surface area contributed by atoms with Gasteiger partial charge in [0.2, 0.25) is 0 Å². The fourth-order valence-electron chi connectivity index (χ4n) is 4.91. The smallest absolute Gasteiger partial charge is 0.192 e. The van der Waals surface area contributed by atoms with E-state index >= 15 is 0 Å². The molecule has 0 saturated carbocycles. The van der Waals surface area contributed by atoms with Crippen LogP contribution in [-0.2, 0) is 16.3 Å². The van der Waals surface area contributed by atoms with Crippen molar-refractivity contribution >= 4 is 30.9 Å². The fourth-order valence-corrected chi connectivity index (χ4v) is 7.40. The largest absolute Gasteiger partial charge is 0.410 e. The molecule has 0 bridgehead atoms. The topological polar surface area (TPSA) is 42.4 Å². The number of hydrogen-bond acceptors (Lipinski definition) is 3. The lowest BCUT2D eigenvalue weighted by atomic mass is 9.74. The molecule has 0 aliphatic heterocycles. The Bertz CT molecular complexity index is 1090. The molecule has 3 nitrogen and oxygen atoms in total. The van der Waals surface area contributed by atoms with Gasteiger partial charge in [0.15, 0.2) is 8.32 Å². The van der Waals surface area contributed by atoms with Gasteiger partial charge in [-0.1, -0.05) is 93.5 Å². The molecule has 1 N–H and O–H groups in total. The maximum atomic E-state index is 11.8. The predicted octanol–water partition coefficient (Wildman–Crippen LogP) is 9.22. The lowest BCUT2D eigenvalue weighted by Crippen LogP contribution is -2.44. The normalized spacial score (nSPS) is 19.4. The van der Waals surface area contributed by atoms with Gasteiger partial charge in [-0.3, -0.25) is 4.98 Å². The van der Waals surface area contributed by atoms with E-state index < -0.39 is 14.4 Å². The van der Waals surface area contributed by atoms with Crippen molar-refractivity contribution in [2.45, 2.75) is 124 Å². The van der Waals surface area contributed by atoms with Crippen LogP contribution in [0.2, 0.25) is 18.1 Å². The van der Waals surface area contributed by atoms with E-state index in [0.717, 1.165) is 38.9 Å². The maximum absolute atomic E-state index is 11.8. The second-order valence-electron chi connectivity index (χ2n) is 14.4. The minimum atomic E-state index is -2.01. The Balaban J connectivity index is 2.18. The van der Waals surface area contributed by atoms with Gasteiger partial charge < -0.3 is 9.53 Å². The Morgan fingerprint density at radius 3 is 2.08 bits per heavy atom. The molecule has 0 fully saturated rings. The molecular formula is C31H48INO2Si. The highest BCUT2D eigenvalue weighted by Crippen LogP contribution is 2.50. The fraction of sp³-hybridized carbons (Fsp3) is 0.645. The van der Waals surface area contributed by atoms with Crippen molar-refractivity contribution in [3.63, 3.8) is 0 Å². The van der Waals surface area contributed by atoms with E-state index in [1.807, 2.05) is 0 Å². The summed E-state index contributed by atoms with van der Waals surface area (Å²) >= 11 is 2.48. The number of halogens is 1. The lowest BCUT2D eigenvalue weighted by Gasteiger charge is -2.44. The summed E-state index contributed by atoms with van der Waals surface area (Å²) in [6.45, 7) is 27.3. The summed E-state index contributed by atoms with van der Waals surface area (Å²) in [4.78, 5) is 5.29. The van der Waals surface area contributed by atoms with Crippen molar-refractivity contribution in [2.75, 3.05) is 0 Å². The number of aliphatic hydroxyl groups excluding tert-OH is 1. The zero-order chi connectivity index (χ0) is 27.4. The second-order valence-corrected chi connectivity index (χ2v) is 20.3. The zero-order valence-corrected chi connectivity index (χ0v) is 27.8. The van der Waals surface area contributed by atoms with E-state index in [-0.39, 0.29) is 27.9 Å². The van der Waals surface area contributed by atoms with Gasteiger partial charge in [-0.2, -0.15) is 0 Å². The number of pyridine rings is 1. The first kappa shape index (κ1) is 29.8. The van der Waals surface area contributed by atoms with Gasteiger partial charge in [0.05, 0.1) is 11.8 Å². The van der Waals surface area contributed by atoms with Crippen LogP contribution < -0.4 is 0 Å². The molecule has 200 valence electrons. The molecule has 2 aromatic rings. The molecule has 0 amide bonds. The Morgan fingerprint density at radius 1 is 1.06 bits per heavy atom. The van der Waals surface area contributed by atoms with Crippen LogP contribution in [0.4, 0.5) is 0 Å². The molecule has 1 heterocycles. The summed E-state index contributed by atoms with van der Waals surface area (Å²) in [5.74, 6) is 0.215. The Labute approximate surface area is 235 Å². The first-order valence-electron chi connectivity index (χ1n) is 13.4. The molecule has 1 aromatic carbocycles. The SMILES string of the molecule is CC(C)c1nc2c(c(I)c1C(O)c1ccc(C(C)(C)C)cc1)C(O[Si](C)(C)C(C)(C)C)CC(C)(C)C2. The van der Waals surface area contributed by atoms with Crippen LogP contribution in [0.5, 0.6) is 0 Å². The average molecular weight is 622 g/mol. The third-order valence-electron chi connectivity index (χ3n) is 8.18. The van der Waals surface area contributed by atoms with Gasteiger partial charge in [-0.05, 0) is 81.4 Å². The van der Waals surface area contributed by atoms with E-state index in [4.69, 9.17) is 9.41 Å². The summed E-state index contributed by atoms with van der Waals surface area (Å²) in [6.07, 6.45) is 1.19. The molecule has 1 aliphatic rings. The van der Waals surface area contributed by atoms with Crippen molar-refractivity contribution in [3.05, 3.63) is 61.5 Å². The Hall–Kier alpha value is -0.763. The van der Waals surface area contributed by atoms with Crippen LogP contribution in [-0.4, -0.2) is 18.4 Å².